The van der Waals surface area contributed by atoms with Gasteiger partial charge in [-0.3, -0.25) is 0 Å². The van der Waals surface area contributed by atoms with E-state index in [0.29, 0.717) is 5.95 Å². The molecule has 0 fully saturated rings. The summed E-state index contributed by atoms with van der Waals surface area (Å²) in [5.74, 6) is 0.569. The van der Waals surface area contributed by atoms with E-state index < -0.39 is 0 Å². The summed E-state index contributed by atoms with van der Waals surface area (Å²) in [5, 5.41) is 5.90. The van der Waals surface area contributed by atoms with Crippen LogP contribution in [-0.2, 0) is 6.42 Å². The Bertz CT molecular complexity index is 764. The fourth-order valence-corrected chi connectivity index (χ4v) is 3.13. The van der Waals surface area contributed by atoms with Crippen LogP contribution in [0.5, 0.6) is 0 Å². The van der Waals surface area contributed by atoms with Crippen molar-refractivity contribution in [1.82, 2.24) is 15.0 Å². The van der Waals surface area contributed by atoms with Gasteiger partial charge in [-0.1, -0.05) is 30.3 Å². The van der Waals surface area contributed by atoms with Crippen LogP contribution in [0.25, 0.3) is 0 Å². The van der Waals surface area contributed by atoms with Crippen molar-refractivity contribution < 1.29 is 0 Å². The van der Waals surface area contributed by atoms with E-state index in [4.69, 9.17) is 5.73 Å². The summed E-state index contributed by atoms with van der Waals surface area (Å²) in [4.78, 5) is 13.3. The van der Waals surface area contributed by atoms with Crippen molar-refractivity contribution in [3.63, 3.8) is 0 Å². The molecule has 0 saturated carbocycles. The first-order valence-corrected chi connectivity index (χ1v) is 8.32. The van der Waals surface area contributed by atoms with E-state index in [1.165, 1.54) is 16.9 Å². The number of nitrogens with one attached hydrogen (secondary N) is 1. The van der Waals surface area contributed by atoms with Crippen LogP contribution in [0.15, 0.2) is 41.8 Å². The van der Waals surface area contributed by atoms with Gasteiger partial charge in [-0.2, -0.15) is 0 Å². The fraction of sp³-hybridized carbons (Fsp3) is 0.235. The number of aromatic nitrogens is 3. The number of aryl methyl sites for hydroxylation is 2. The van der Waals surface area contributed by atoms with Crippen molar-refractivity contribution in [2.45, 2.75) is 26.3 Å². The molecule has 3 N–H and O–H groups in total. The topological polar surface area (TPSA) is 76.7 Å². The van der Waals surface area contributed by atoms with Gasteiger partial charge in [0.15, 0.2) is 5.13 Å². The van der Waals surface area contributed by atoms with Gasteiger partial charge >= 0.3 is 0 Å². The van der Waals surface area contributed by atoms with E-state index in [-0.39, 0.29) is 6.04 Å². The number of benzene rings is 1. The lowest BCUT2D eigenvalue weighted by atomic mass is 10.1. The molecule has 2 aromatic heterocycles. The van der Waals surface area contributed by atoms with Gasteiger partial charge in [0.25, 0.3) is 0 Å². The average Bonchev–Trinajstić information content (AvgIpc) is 2.96. The molecule has 0 radical (unpaired) electrons. The average molecular weight is 325 g/mol. The molecule has 0 bridgehead atoms. The lowest BCUT2D eigenvalue weighted by molar-refractivity contribution is 0.702. The van der Waals surface area contributed by atoms with Crippen LogP contribution in [0.4, 0.5) is 11.1 Å². The highest BCUT2D eigenvalue weighted by molar-refractivity contribution is 7.13. The summed E-state index contributed by atoms with van der Waals surface area (Å²) in [6, 6.07) is 12.0. The molecule has 1 atom stereocenters. The summed E-state index contributed by atoms with van der Waals surface area (Å²) in [5.41, 5.74) is 10.2. The molecular formula is C17H19N5S. The smallest absolute Gasteiger partial charge is 0.229 e. The Hall–Kier alpha value is -2.31. The van der Waals surface area contributed by atoms with Crippen LogP contribution in [0, 0.1) is 13.8 Å². The van der Waals surface area contributed by atoms with Gasteiger partial charge in [0.05, 0.1) is 11.7 Å². The van der Waals surface area contributed by atoms with Gasteiger partial charge in [0.1, 0.15) is 0 Å². The highest BCUT2D eigenvalue weighted by Crippen LogP contribution is 2.24. The first-order valence-electron chi connectivity index (χ1n) is 7.44. The van der Waals surface area contributed by atoms with Crippen molar-refractivity contribution in [3.8, 4) is 0 Å². The third-order valence-corrected chi connectivity index (χ3v) is 4.18. The highest BCUT2D eigenvalue weighted by atomic mass is 32.1. The van der Waals surface area contributed by atoms with Crippen molar-refractivity contribution >= 4 is 22.4 Å². The van der Waals surface area contributed by atoms with E-state index in [9.17, 15) is 0 Å². The van der Waals surface area contributed by atoms with Crippen LogP contribution in [0.3, 0.4) is 0 Å². The zero-order chi connectivity index (χ0) is 16.2. The maximum Gasteiger partial charge on any atom is 0.229 e. The Morgan fingerprint density at radius 3 is 2.48 bits per heavy atom. The van der Waals surface area contributed by atoms with E-state index in [2.05, 4.69) is 32.4 Å². The number of rotatable bonds is 5. The zero-order valence-electron chi connectivity index (χ0n) is 13.2. The van der Waals surface area contributed by atoms with E-state index in [1.54, 1.807) is 0 Å². The quantitative estimate of drug-likeness (QED) is 0.750. The first-order chi connectivity index (χ1) is 11.1. The predicted octanol–water partition coefficient (Wildman–Crippen LogP) is 3.54. The van der Waals surface area contributed by atoms with E-state index >= 15 is 0 Å². The van der Waals surface area contributed by atoms with Crippen molar-refractivity contribution in [2.75, 3.05) is 5.32 Å². The van der Waals surface area contributed by atoms with Gasteiger partial charge in [0, 0.05) is 16.8 Å². The molecule has 0 saturated heterocycles. The molecule has 118 valence electrons. The van der Waals surface area contributed by atoms with Crippen LogP contribution in [0.2, 0.25) is 0 Å². The third-order valence-electron chi connectivity index (χ3n) is 3.40. The number of hydrogen-bond donors (Lipinski definition) is 2. The molecule has 0 aliphatic rings. The molecular weight excluding hydrogens is 306 g/mol. The summed E-state index contributed by atoms with van der Waals surface area (Å²) >= 11 is 1.51. The molecule has 6 heteroatoms. The minimum absolute atomic E-state index is 0.121. The van der Waals surface area contributed by atoms with Gasteiger partial charge in [-0.15, -0.1) is 11.3 Å². The summed E-state index contributed by atoms with van der Waals surface area (Å²) in [7, 11) is 0. The zero-order valence-corrected chi connectivity index (χ0v) is 14.0. The maximum atomic E-state index is 6.27. The second kappa shape index (κ2) is 6.85. The molecule has 0 spiro atoms. The summed E-state index contributed by atoms with van der Waals surface area (Å²) in [6.45, 7) is 3.89. The molecule has 0 aliphatic carbocycles. The Balaban J connectivity index is 1.70. The third kappa shape index (κ3) is 4.12. The van der Waals surface area contributed by atoms with Crippen molar-refractivity contribution in [3.05, 3.63) is 64.4 Å². The highest BCUT2D eigenvalue weighted by Gasteiger charge is 2.12. The molecule has 0 aliphatic heterocycles. The van der Waals surface area contributed by atoms with Gasteiger partial charge < -0.3 is 11.1 Å². The van der Waals surface area contributed by atoms with Crippen LogP contribution >= 0.6 is 11.3 Å². The monoisotopic (exact) mass is 325 g/mol. The summed E-state index contributed by atoms with van der Waals surface area (Å²) < 4.78 is 0. The second-order valence-corrected chi connectivity index (χ2v) is 6.33. The number of nitrogens with zero attached hydrogens (tertiary/aromatic N) is 3. The molecule has 3 aromatic rings. The van der Waals surface area contributed by atoms with E-state index in [1.807, 2.05) is 43.5 Å². The van der Waals surface area contributed by atoms with Crippen LogP contribution < -0.4 is 11.1 Å². The summed E-state index contributed by atoms with van der Waals surface area (Å²) in [6.07, 6.45) is 0.768. The molecule has 0 amide bonds. The van der Waals surface area contributed by atoms with Crippen LogP contribution in [-0.4, -0.2) is 15.0 Å². The Morgan fingerprint density at radius 2 is 1.78 bits per heavy atom. The molecule has 3 rings (SSSR count). The van der Waals surface area contributed by atoms with Gasteiger partial charge in [0.2, 0.25) is 5.95 Å². The Kier molecular flexibility index (Phi) is 4.64. The molecule has 23 heavy (non-hydrogen) atoms. The first kappa shape index (κ1) is 15.6. The normalized spacial score (nSPS) is 12.1. The van der Waals surface area contributed by atoms with Crippen molar-refractivity contribution in [2.24, 2.45) is 5.73 Å². The molecule has 5 nitrogen and oxygen atoms in total. The number of anilines is 2. The minimum atomic E-state index is -0.121. The second-order valence-electron chi connectivity index (χ2n) is 5.47. The lowest BCUT2D eigenvalue weighted by Crippen LogP contribution is -2.13. The largest absolute Gasteiger partial charge is 0.322 e. The van der Waals surface area contributed by atoms with E-state index in [0.717, 1.165) is 28.6 Å². The Morgan fingerprint density at radius 1 is 1.09 bits per heavy atom. The predicted molar refractivity (Wildman–Crippen MR) is 94.0 cm³/mol. The fourth-order valence-electron chi connectivity index (χ4n) is 2.36. The van der Waals surface area contributed by atoms with Gasteiger partial charge in [-0.05, 0) is 31.9 Å². The minimum Gasteiger partial charge on any atom is -0.322 e. The lowest BCUT2D eigenvalue weighted by Gasteiger charge is -2.08. The number of nitrogens with two attached hydrogens (primary N) is 1. The number of hydrogen-bond acceptors (Lipinski definition) is 6. The maximum absolute atomic E-state index is 6.27. The Labute approximate surface area is 139 Å². The standard InChI is InChI=1S/C17H19N5S/c1-11-8-12(2)20-16(19-11)22-17-21-15(10-23-17)14(18)9-13-6-4-3-5-7-13/h3-8,10,14H,9,18H2,1-2H3,(H,19,20,21,22). The van der Waals surface area contributed by atoms with Crippen LogP contribution in [0.1, 0.15) is 28.7 Å². The molecule has 2 heterocycles. The molecule has 1 unspecified atom stereocenters. The number of thiazole rings is 1. The molecule has 1 aromatic carbocycles. The SMILES string of the molecule is Cc1cc(C)nc(Nc2nc(C(N)Cc3ccccc3)cs2)n1. The van der Waals surface area contributed by atoms with Gasteiger partial charge in [-0.25, -0.2) is 15.0 Å². The van der Waals surface area contributed by atoms with Crippen molar-refractivity contribution in [1.29, 1.82) is 0 Å².